The Morgan fingerprint density at radius 2 is 1.94 bits per heavy atom. The monoisotopic (exact) mass is 465 g/mol. The fourth-order valence-electron chi connectivity index (χ4n) is 5.30. The van der Waals surface area contributed by atoms with Gasteiger partial charge in [0.25, 0.3) is 0 Å². The second-order valence-corrected chi connectivity index (χ2v) is 9.51. The minimum atomic E-state index is -0.361. The van der Waals surface area contributed by atoms with Crippen LogP contribution in [-0.4, -0.2) is 36.0 Å². The molecule has 2 heterocycles. The van der Waals surface area contributed by atoms with E-state index in [0.29, 0.717) is 22.8 Å². The van der Waals surface area contributed by atoms with Gasteiger partial charge < -0.3 is 14.4 Å². The summed E-state index contributed by atoms with van der Waals surface area (Å²) < 4.78 is 11.9. The van der Waals surface area contributed by atoms with Gasteiger partial charge in [-0.2, -0.15) is 0 Å². The number of hydrogen-bond acceptors (Lipinski definition) is 4. The third-order valence-electron chi connectivity index (χ3n) is 7.05. The Bertz CT molecular complexity index is 1090. The van der Waals surface area contributed by atoms with E-state index in [4.69, 9.17) is 21.1 Å². The minimum absolute atomic E-state index is 0.00529. The molecule has 0 N–H and O–H groups in total. The number of nitrogens with zero attached hydrogens (tertiary/aromatic N) is 1. The van der Waals surface area contributed by atoms with Crippen LogP contribution in [0.15, 0.2) is 59.8 Å². The molecule has 1 unspecified atom stereocenters. The maximum absolute atomic E-state index is 13.6. The van der Waals surface area contributed by atoms with E-state index >= 15 is 0 Å². The maximum atomic E-state index is 13.6. The molecule has 0 spiro atoms. The summed E-state index contributed by atoms with van der Waals surface area (Å²) in [6.07, 6.45) is 3.57. The molecule has 0 aromatic heterocycles. The Labute approximate surface area is 199 Å². The Hall–Kier alpha value is -2.63. The van der Waals surface area contributed by atoms with E-state index < -0.39 is 0 Å². The molecule has 0 bridgehead atoms. The van der Waals surface area contributed by atoms with Gasteiger partial charge in [-0.15, -0.1) is 0 Å². The van der Waals surface area contributed by atoms with Gasteiger partial charge in [0.05, 0.1) is 18.2 Å². The molecular formula is C27H28ClNO4. The summed E-state index contributed by atoms with van der Waals surface area (Å²) in [6.45, 7) is 3.05. The predicted molar refractivity (Wildman–Crippen MR) is 126 cm³/mol. The van der Waals surface area contributed by atoms with Crippen LogP contribution >= 0.6 is 11.6 Å². The number of benzene rings is 2. The summed E-state index contributed by atoms with van der Waals surface area (Å²) in [5.41, 5.74) is 4.42. The lowest BCUT2D eigenvalue weighted by Gasteiger charge is -2.36. The molecule has 5 rings (SSSR count). The highest BCUT2D eigenvalue weighted by molar-refractivity contribution is 6.30. The van der Waals surface area contributed by atoms with Gasteiger partial charge in [0.1, 0.15) is 6.10 Å². The van der Waals surface area contributed by atoms with Crippen molar-refractivity contribution in [2.24, 2.45) is 0 Å². The molecule has 1 fully saturated rings. The lowest BCUT2D eigenvalue weighted by molar-refractivity contribution is -0.145. The van der Waals surface area contributed by atoms with Crippen LogP contribution in [-0.2, 0) is 25.5 Å². The third kappa shape index (κ3) is 4.44. The van der Waals surface area contributed by atoms with Gasteiger partial charge in [-0.25, -0.2) is 4.79 Å². The van der Waals surface area contributed by atoms with E-state index in [1.165, 1.54) is 5.56 Å². The summed E-state index contributed by atoms with van der Waals surface area (Å²) in [5.74, 6) is -0.704. The van der Waals surface area contributed by atoms with Crippen molar-refractivity contribution in [2.45, 2.75) is 57.2 Å². The van der Waals surface area contributed by atoms with Crippen LogP contribution in [0.1, 0.15) is 61.3 Å². The lowest BCUT2D eigenvalue weighted by atomic mass is 9.83. The summed E-state index contributed by atoms with van der Waals surface area (Å²) in [5, 5.41) is 0.619. The van der Waals surface area contributed by atoms with E-state index in [1.807, 2.05) is 37.3 Å². The topological polar surface area (TPSA) is 55.8 Å². The standard InChI is InChI=1S/C27H28ClNO4/c1-17-26(27(31)33-24-13-10-18-5-2-3-7-22(18)24)23(19-8-11-20(28)12-9-19)15-25(30)29(17)16-21-6-4-14-32-21/h2-3,5,7-9,11-12,21,23-24H,4,6,10,13-16H2,1H3/t21-,23+,24?/m1/s1. The molecule has 1 saturated heterocycles. The minimum Gasteiger partial charge on any atom is -0.454 e. The van der Waals surface area contributed by atoms with Crippen LogP contribution in [0.25, 0.3) is 0 Å². The second-order valence-electron chi connectivity index (χ2n) is 9.08. The molecule has 1 aliphatic carbocycles. The molecule has 3 atom stereocenters. The number of halogens is 1. The molecule has 33 heavy (non-hydrogen) atoms. The zero-order chi connectivity index (χ0) is 22.9. The first-order valence-electron chi connectivity index (χ1n) is 11.7. The Balaban J connectivity index is 1.48. The van der Waals surface area contributed by atoms with Gasteiger partial charge in [-0.1, -0.05) is 48.0 Å². The first-order chi connectivity index (χ1) is 16.0. The number of hydrogen-bond donors (Lipinski definition) is 0. The first-order valence-corrected chi connectivity index (χ1v) is 12.1. The van der Waals surface area contributed by atoms with Crippen molar-refractivity contribution in [1.82, 2.24) is 4.90 Å². The average Bonchev–Trinajstić information content (AvgIpc) is 3.47. The van der Waals surface area contributed by atoms with Crippen molar-refractivity contribution >= 4 is 23.5 Å². The molecule has 5 nitrogen and oxygen atoms in total. The van der Waals surface area contributed by atoms with Crippen LogP contribution in [0, 0.1) is 0 Å². The third-order valence-corrected chi connectivity index (χ3v) is 7.30. The Morgan fingerprint density at radius 1 is 1.15 bits per heavy atom. The number of ether oxygens (including phenoxy) is 2. The van der Waals surface area contributed by atoms with Crippen molar-refractivity contribution < 1.29 is 19.1 Å². The van der Waals surface area contributed by atoms with Crippen LogP contribution in [0.2, 0.25) is 5.02 Å². The number of esters is 1. The zero-order valence-electron chi connectivity index (χ0n) is 18.8. The van der Waals surface area contributed by atoms with E-state index in [9.17, 15) is 9.59 Å². The van der Waals surface area contributed by atoms with Crippen LogP contribution in [0.3, 0.4) is 0 Å². The number of rotatable bonds is 5. The number of carbonyl (C=O) groups is 2. The smallest absolute Gasteiger partial charge is 0.337 e. The highest BCUT2D eigenvalue weighted by Crippen LogP contribution is 2.40. The number of aryl methyl sites for hydroxylation is 1. The molecule has 0 radical (unpaired) electrons. The predicted octanol–water partition coefficient (Wildman–Crippen LogP) is 5.34. The van der Waals surface area contributed by atoms with Gasteiger partial charge in [-0.3, -0.25) is 4.79 Å². The number of amides is 1. The molecule has 2 aromatic carbocycles. The Kier molecular flexibility index (Phi) is 6.26. The van der Waals surface area contributed by atoms with Crippen LogP contribution < -0.4 is 0 Å². The summed E-state index contributed by atoms with van der Waals surface area (Å²) in [4.78, 5) is 28.5. The normalized spacial score (nSPS) is 24.8. The average molecular weight is 466 g/mol. The molecular weight excluding hydrogens is 438 g/mol. The van der Waals surface area contributed by atoms with Crippen molar-refractivity contribution in [1.29, 1.82) is 0 Å². The fourth-order valence-corrected chi connectivity index (χ4v) is 5.43. The largest absolute Gasteiger partial charge is 0.454 e. The Morgan fingerprint density at radius 3 is 2.70 bits per heavy atom. The van der Waals surface area contributed by atoms with E-state index in [1.54, 1.807) is 17.0 Å². The molecule has 2 aromatic rings. The fraction of sp³-hybridized carbons (Fsp3) is 0.407. The van der Waals surface area contributed by atoms with Gasteiger partial charge in [-0.05, 0) is 61.4 Å². The van der Waals surface area contributed by atoms with Crippen LogP contribution in [0.5, 0.6) is 0 Å². The van der Waals surface area contributed by atoms with Gasteiger partial charge in [0.2, 0.25) is 5.91 Å². The van der Waals surface area contributed by atoms with E-state index in [2.05, 4.69) is 6.07 Å². The summed E-state index contributed by atoms with van der Waals surface area (Å²) in [7, 11) is 0. The van der Waals surface area contributed by atoms with Gasteiger partial charge in [0, 0.05) is 29.7 Å². The second kappa shape index (κ2) is 9.32. The molecule has 6 heteroatoms. The summed E-state index contributed by atoms with van der Waals surface area (Å²) >= 11 is 6.09. The van der Waals surface area contributed by atoms with E-state index in [0.717, 1.165) is 43.4 Å². The SMILES string of the molecule is CC1=C(C(=O)OC2CCc3ccccc32)[C@H](c2ccc(Cl)cc2)CC(=O)N1C[C@H]1CCCO1. The number of carbonyl (C=O) groups excluding carboxylic acids is 2. The van der Waals surface area contributed by atoms with Crippen molar-refractivity contribution in [2.75, 3.05) is 13.2 Å². The van der Waals surface area contributed by atoms with Crippen molar-refractivity contribution in [3.63, 3.8) is 0 Å². The van der Waals surface area contributed by atoms with Gasteiger partial charge >= 0.3 is 5.97 Å². The molecule has 1 amide bonds. The first kappa shape index (κ1) is 22.2. The maximum Gasteiger partial charge on any atom is 0.337 e. The number of allylic oxidation sites excluding steroid dienone is 1. The van der Waals surface area contributed by atoms with Crippen molar-refractivity contribution in [3.05, 3.63) is 81.5 Å². The molecule has 2 aliphatic heterocycles. The molecule has 172 valence electrons. The zero-order valence-corrected chi connectivity index (χ0v) is 19.5. The summed E-state index contributed by atoms with van der Waals surface area (Å²) in [6, 6.07) is 15.5. The molecule has 0 saturated carbocycles. The van der Waals surface area contributed by atoms with E-state index in [-0.39, 0.29) is 36.4 Å². The van der Waals surface area contributed by atoms with Gasteiger partial charge in [0.15, 0.2) is 0 Å². The van der Waals surface area contributed by atoms with Crippen LogP contribution in [0.4, 0.5) is 0 Å². The molecule has 3 aliphatic rings. The highest BCUT2D eigenvalue weighted by Gasteiger charge is 2.39. The lowest BCUT2D eigenvalue weighted by Crippen LogP contribution is -2.42. The quantitative estimate of drug-likeness (QED) is 0.559. The van der Waals surface area contributed by atoms with Crippen molar-refractivity contribution in [3.8, 4) is 0 Å². The highest BCUT2D eigenvalue weighted by atomic mass is 35.5. The number of fused-ring (bicyclic) bond motifs is 1.